The number of rotatable bonds is 6. The Morgan fingerprint density at radius 3 is 2.56 bits per heavy atom. The number of thioether (sulfide) groups is 1. The molecule has 0 atom stereocenters. The first kappa shape index (κ1) is 22.6. The van der Waals surface area contributed by atoms with Crippen LogP contribution < -0.4 is 9.47 Å². The lowest BCUT2D eigenvalue weighted by Gasteiger charge is -2.14. The molecule has 8 heteroatoms. The molecule has 3 heterocycles. The molecule has 174 valence electrons. The van der Waals surface area contributed by atoms with Crippen LogP contribution in [0.25, 0.3) is 6.08 Å². The van der Waals surface area contributed by atoms with E-state index < -0.39 is 0 Å². The van der Waals surface area contributed by atoms with Crippen molar-refractivity contribution in [2.24, 2.45) is 0 Å². The van der Waals surface area contributed by atoms with Crippen molar-refractivity contribution in [1.29, 1.82) is 0 Å². The molecule has 34 heavy (non-hydrogen) atoms. The summed E-state index contributed by atoms with van der Waals surface area (Å²) in [7, 11) is 0. The van der Waals surface area contributed by atoms with Gasteiger partial charge in [-0.2, -0.15) is 0 Å². The number of aromatic nitrogens is 1. The smallest absolute Gasteiger partial charge is 0.293 e. The first-order valence-electron chi connectivity index (χ1n) is 10.9. The molecule has 3 aromatic rings. The van der Waals surface area contributed by atoms with Gasteiger partial charge in [-0.15, -0.1) is 0 Å². The van der Waals surface area contributed by atoms with Gasteiger partial charge in [-0.3, -0.25) is 14.5 Å². The van der Waals surface area contributed by atoms with E-state index in [0.717, 1.165) is 41.7 Å². The van der Waals surface area contributed by atoms with Gasteiger partial charge in [-0.25, -0.2) is 0 Å². The molecule has 1 saturated heterocycles. The lowest BCUT2D eigenvalue weighted by atomic mass is 10.1. The minimum absolute atomic E-state index is 0.0770. The average Bonchev–Trinajstić information content (AvgIpc) is 3.46. The fourth-order valence-corrected chi connectivity index (χ4v) is 5.27. The Kier molecular flexibility index (Phi) is 6.15. The number of imide groups is 1. The molecule has 1 aromatic heterocycles. The van der Waals surface area contributed by atoms with E-state index in [0.29, 0.717) is 27.0 Å². The number of hydrogen-bond acceptors (Lipinski definition) is 5. The Morgan fingerprint density at radius 1 is 1.06 bits per heavy atom. The zero-order valence-corrected chi connectivity index (χ0v) is 20.4. The lowest BCUT2D eigenvalue weighted by molar-refractivity contribution is -0.123. The number of nitrogens with zero attached hydrogens (tertiary/aromatic N) is 2. The van der Waals surface area contributed by atoms with Crippen LogP contribution in [0.15, 0.2) is 53.4 Å². The van der Waals surface area contributed by atoms with Crippen molar-refractivity contribution in [1.82, 2.24) is 9.47 Å². The number of fused-ring (bicyclic) bond motifs is 1. The Bertz CT molecular complexity index is 1320. The molecule has 5 rings (SSSR count). The maximum atomic E-state index is 13.1. The van der Waals surface area contributed by atoms with Crippen molar-refractivity contribution in [2.45, 2.75) is 33.4 Å². The Labute approximate surface area is 207 Å². The van der Waals surface area contributed by atoms with Crippen molar-refractivity contribution in [3.8, 4) is 11.5 Å². The Balaban J connectivity index is 1.34. The van der Waals surface area contributed by atoms with E-state index in [9.17, 15) is 9.59 Å². The third-order valence-electron chi connectivity index (χ3n) is 6.11. The van der Waals surface area contributed by atoms with Gasteiger partial charge in [-0.05, 0) is 66.9 Å². The van der Waals surface area contributed by atoms with E-state index in [1.165, 1.54) is 10.5 Å². The highest BCUT2D eigenvalue weighted by Gasteiger charge is 2.36. The predicted octanol–water partition coefficient (Wildman–Crippen LogP) is 5.97. The molecule has 1 fully saturated rings. The molecule has 6 nitrogen and oxygen atoms in total. The highest BCUT2D eigenvalue weighted by molar-refractivity contribution is 8.18. The quantitative estimate of drug-likeness (QED) is 0.395. The number of aryl methyl sites for hydroxylation is 2. The van der Waals surface area contributed by atoms with E-state index in [1.54, 1.807) is 12.1 Å². The van der Waals surface area contributed by atoms with Crippen molar-refractivity contribution in [3.63, 3.8) is 0 Å². The fourth-order valence-electron chi connectivity index (χ4n) is 4.23. The summed E-state index contributed by atoms with van der Waals surface area (Å²) in [4.78, 5) is 27.4. The minimum atomic E-state index is -0.321. The second-order valence-corrected chi connectivity index (χ2v) is 9.68. The molecular formula is C26H23ClN2O4S. The molecule has 0 aliphatic carbocycles. The van der Waals surface area contributed by atoms with E-state index >= 15 is 0 Å². The molecular weight excluding hydrogens is 472 g/mol. The standard InChI is InChI=1S/C26H23ClN2O4S/c1-16-10-19(17(2)28(16)9-8-18-6-4-3-5-7-18)12-24-25(30)29(26(31)34-24)14-20-11-22-23(13-21(20)27)33-15-32-22/h3-7,10-13H,8-9,14-15H2,1-2H3/b24-12-. The first-order chi connectivity index (χ1) is 16.4. The number of ether oxygens (including phenoxy) is 2. The number of amides is 2. The second-order valence-electron chi connectivity index (χ2n) is 8.28. The summed E-state index contributed by atoms with van der Waals surface area (Å²) >= 11 is 7.31. The van der Waals surface area contributed by atoms with Crippen LogP contribution in [0.2, 0.25) is 5.02 Å². The number of halogens is 1. The number of carbonyl (C=O) groups is 2. The van der Waals surface area contributed by atoms with Crippen molar-refractivity contribution in [2.75, 3.05) is 6.79 Å². The highest BCUT2D eigenvalue weighted by Crippen LogP contribution is 2.39. The maximum absolute atomic E-state index is 13.1. The summed E-state index contributed by atoms with van der Waals surface area (Å²) in [6, 6.07) is 15.8. The largest absolute Gasteiger partial charge is 0.454 e. The summed E-state index contributed by atoms with van der Waals surface area (Å²) in [5.41, 5.74) is 5.04. The van der Waals surface area contributed by atoms with Crippen molar-refractivity contribution < 1.29 is 19.1 Å². The molecule has 0 radical (unpaired) electrons. The second kappa shape index (κ2) is 9.24. The first-order valence-corrected chi connectivity index (χ1v) is 12.1. The highest BCUT2D eigenvalue weighted by atomic mass is 35.5. The monoisotopic (exact) mass is 494 g/mol. The van der Waals surface area contributed by atoms with Gasteiger partial charge >= 0.3 is 0 Å². The zero-order valence-electron chi connectivity index (χ0n) is 18.8. The Morgan fingerprint density at radius 2 is 1.79 bits per heavy atom. The van der Waals surface area contributed by atoms with Crippen LogP contribution in [0.5, 0.6) is 11.5 Å². The minimum Gasteiger partial charge on any atom is -0.454 e. The summed E-state index contributed by atoms with van der Waals surface area (Å²) < 4.78 is 13.0. The fraction of sp³-hybridized carbons (Fsp3) is 0.231. The van der Waals surface area contributed by atoms with Crippen LogP contribution in [-0.4, -0.2) is 27.4 Å². The third-order valence-corrected chi connectivity index (χ3v) is 7.37. The van der Waals surface area contributed by atoms with Crippen LogP contribution >= 0.6 is 23.4 Å². The van der Waals surface area contributed by atoms with Crippen LogP contribution in [0.4, 0.5) is 4.79 Å². The summed E-state index contributed by atoms with van der Waals surface area (Å²) in [5, 5.41) is 0.108. The molecule has 0 spiro atoms. The van der Waals surface area contributed by atoms with Crippen LogP contribution in [0.3, 0.4) is 0 Å². The topological polar surface area (TPSA) is 60.8 Å². The predicted molar refractivity (Wildman–Crippen MR) is 133 cm³/mol. The van der Waals surface area contributed by atoms with Crippen LogP contribution in [-0.2, 0) is 24.3 Å². The molecule has 0 saturated carbocycles. The van der Waals surface area contributed by atoms with E-state index in [2.05, 4.69) is 29.7 Å². The van der Waals surface area contributed by atoms with Gasteiger partial charge < -0.3 is 14.0 Å². The molecule has 0 bridgehead atoms. The molecule has 2 aliphatic heterocycles. The Hall–Kier alpha value is -3.16. The summed E-state index contributed by atoms with van der Waals surface area (Å²) in [5.74, 6) is 0.799. The number of hydrogen-bond donors (Lipinski definition) is 0. The van der Waals surface area contributed by atoms with Crippen molar-refractivity contribution in [3.05, 3.63) is 86.5 Å². The third kappa shape index (κ3) is 4.33. The lowest BCUT2D eigenvalue weighted by Crippen LogP contribution is -2.27. The zero-order chi connectivity index (χ0) is 23.8. The average molecular weight is 495 g/mol. The van der Waals surface area contributed by atoms with Crippen LogP contribution in [0, 0.1) is 13.8 Å². The molecule has 2 aromatic carbocycles. The SMILES string of the molecule is Cc1cc(/C=C2\SC(=O)N(Cc3cc4c(cc3Cl)OCO4)C2=O)c(C)n1CCc1ccccc1. The van der Waals surface area contributed by atoms with Crippen LogP contribution in [0.1, 0.15) is 28.1 Å². The molecule has 2 aliphatic rings. The molecule has 0 N–H and O–H groups in total. The van der Waals surface area contributed by atoms with Gasteiger partial charge in [-0.1, -0.05) is 41.9 Å². The van der Waals surface area contributed by atoms with Crippen molar-refractivity contribution >= 4 is 40.6 Å². The summed E-state index contributed by atoms with van der Waals surface area (Å²) in [6.45, 7) is 5.15. The van der Waals surface area contributed by atoms with Gasteiger partial charge in [0.15, 0.2) is 11.5 Å². The normalized spacial score (nSPS) is 16.2. The van der Waals surface area contributed by atoms with Gasteiger partial charge in [0.25, 0.3) is 11.1 Å². The molecule has 2 amide bonds. The van der Waals surface area contributed by atoms with E-state index in [4.69, 9.17) is 21.1 Å². The number of carbonyl (C=O) groups excluding carboxylic acids is 2. The molecule has 0 unspecified atom stereocenters. The van der Waals surface area contributed by atoms with E-state index in [-0.39, 0.29) is 24.5 Å². The van der Waals surface area contributed by atoms with Gasteiger partial charge in [0, 0.05) is 29.0 Å². The summed E-state index contributed by atoms with van der Waals surface area (Å²) in [6.07, 6.45) is 2.73. The maximum Gasteiger partial charge on any atom is 0.293 e. The number of benzene rings is 2. The van der Waals surface area contributed by atoms with Gasteiger partial charge in [0.05, 0.1) is 11.4 Å². The van der Waals surface area contributed by atoms with Gasteiger partial charge in [0.2, 0.25) is 6.79 Å². The van der Waals surface area contributed by atoms with E-state index in [1.807, 2.05) is 31.2 Å². The van der Waals surface area contributed by atoms with Gasteiger partial charge in [0.1, 0.15) is 0 Å².